The first-order chi connectivity index (χ1) is 28.3. The molecule has 12 rings (SSSR count). The van der Waals surface area contributed by atoms with Gasteiger partial charge in [0.15, 0.2) is 11.6 Å². The van der Waals surface area contributed by atoms with E-state index in [4.69, 9.17) is 19.4 Å². The topological polar surface area (TPSA) is 61.7 Å². The maximum atomic E-state index is 6.51. The van der Waals surface area contributed by atoms with Crippen molar-refractivity contribution in [3.63, 3.8) is 0 Å². The highest BCUT2D eigenvalue weighted by Crippen LogP contribution is 2.41. The minimum Gasteiger partial charge on any atom is -0.455 e. The van der Waals surface area contributed by atoms with Crippen LogP contribution in [-0.4, -0.2) is 24.1 Å². The van der Waals surface area contributed by atoms with E-state index >= 15 is 0 Å². The molecule has 0 spiro atoms. The van der Waals surface area contributed by atoms with Crippen molar-refractivity contribution in [2.24, 2.45) is 0 Å². The molecule has 4 heterocycles. The van der Waals surface area contributed by atoms with Crippen molar-refractivity contribution in [3.8, 4) is 45.5 Å². The van der Waals surface area contributed by atoms with Crippen LogP contribution in [0.3, 0.4) is 0 Å². The largest absolute Gasteiger partial charge is 0.455 e. The van der Waals surface area contributed by atoms with Gasteiger partial charge in [0.2, 0.25) is 5.95 Å². The highest BCUT2D eigenvalue weighted by molar-refractivity contribution is 6.19. The summed E-state index contributed by atoms with van der Waals surface area (Å²) in [6.07, 6.45) is 0. The Labute approximate surface area is 326 Å². The van der Waals surface area contributed by atoms with E-state index in [1.54, 1.807) is 0 Å². The van der Waals surface area contributed by atoms with Gasteiger partial charge in [-0.2, -0.15) is 9.97 Å². The van der Waals surface area contributed by atoms with E-state index in [0.717, 1.165) is 77.0 Å². The van der Waals surface area contributed by atoms with Crippen LogP contribution in [0.25, 0.3) is 111 Å². The summed E-state index contributed by atoms with van der Waals surface area (Å²) in [6.45, 7) is 0. The van der Waals surface area contributed by atoms with Crippen LogP contribution in [0.15, 0.2) is 192 Å². The van der Waals surface area contributed by atoms with Crippen LogP contribution in [0.1, 0.15) is 0 Å². The molecule has 0 saturated carbocycles. The first-order valence-electron chi connectivity index (χ1n) is 19.1. The second-order valence-electron chi connectivity index (χ2n) is 14.4. The van der Waals surface area contributed by atoms with Gasteiger partial charge < -0.3 is 8.98 Å². The molecule has 0 amide bonds. The van der Waals surface area contributed by atoms with Crippen LogP contribution in [-0.2, 0) is 0 Å². The highest BCUT2D eigenvalue weighted by Gasteiger charge is 2.22. The van der Waals surface area contributed by atoms with Crippen molar-refractivity contribution in [1.29, 1.82) is 0 Å². The molecule has 0 aliphatic rings. The summed E-state index contributed by atoms with van der Waals surface area (Å²) in [5, 5.41) is 6.64. The van der Waals surface area contributed by atoms with Crippen LogP contribution in [0.4, 0.5) is 0 Å². The number of hydrogen-bond acceptors (Lipinski definition) is 4. The average molecular weight is 730 g/mol. The van der Waals surface area contributed by atoms with E-state index in [1.165, 1.54) is 16.5 Å². The third-order valence-corrected chi connectivity index (χ3v) is 11.2. The molecule has 0 N–H and O–H groups in total. The molecule has 0 fully saturated rings. The van der Waals surface area contributed by atoms with Crippen LogP contribution >= 0.6 is 0 Å². The summed E-state index contributed by atoms with van der Waals surface area (Å²) >= 11 is 0. The zero-order valence-electron chi connectivity index (χ0n) is 30.5. The van der Waals surface area contributed by atoms with Gasteiger partial charge >= 0.3 is 0 Å². The van der Waals surface area contributed by atoms with E-state index < -0.39 is 0 Å². The molecule has 12 aromatic rings. The molecule has 0 saturated heterocycles. The number of hydrogen-bond donors (Lipinski definition) is 0. The minimum absolute atomic E-state index is 0.539. The molecular weight excluding hydrogens is 699 g/mol. The molecule has 0 radical (unpaired) electrons. The predicted molar refractivity (Wildman–Crippen MR) is 232 cm³/mol. The van der Waals surface area contributed by atoms with Crippen molar-refractivity contribution >= 4 is 65.6 Å². The third kappa shape index (κ3) is 4.87. The first-order valence-corrected chi connectivity index (χ1v) is 19.1. The van der Waals surface area contributed by atoms with Gasteiger partial charge in [-0.1, -0.05) is 140 Å². The van der Waals surface area contributed by atoms with E-state index in [-0.39, 0.29) is 0 Å². The Kier molecular flexibility index (Phi) is 6.83. The molecule has 0 aliphatic carbocycles. The number of rotatable bonds is 5. The lowest BCUT2D eigenvalue weighted by Crippen LogP contribution is -2.06. The summed E-state index contributed by atoms with van der Waals surface area (Å²) in [7, 11) is 0. The lowest BCUT2D eigenvalue weighted by Gasteiger charge is -2.12. The molecule has 4 aromatic heterocycles. The standard InChI is InChI=1S/C51H31N5O/c1-3-15-32(16-4-1)34-19-13-20-35(29-34)55-43-26-10-7-21-36(43)41-31-46-42(30-45(41)55)37-22-8-11-27-44(37)56(46)51-53-49(33-17-5-2-6-18-33)52-50(54-51)40-25-14-24-39-38-23-9-12-28-47(38)57-48(39)40/h1-31H. The lowest BCUT2D eigenvalue weighted by atomic mass is 10.1. The number of benzene rings is 8. The van der Waals surface area contributed by atoms with Crippen molar-refractivity contribution in [1.82, 2.24) is 24.1 Å². The highest BCUT2D eigenvalue weighted by atomic mass is 16.3. The summed E-state index contributed by atoms with van der Waals surface area (Å²) in [6, 6.07) is 65.7. The summed E-state index contributed by atoms with van der Waals surface area (Å²) in [4.78, 5) is 15.7. The Balaban J connectivity index is 1.14. The molecule has 266 valence electrons. The Morgan fingerprint density at radius 2 is 0.912 bits per heavy atom. The van der Waals surface area contributed by atoms with Gasteiger partial charge in [-0.15, -0.1) is 0 Å². The van der Waals surface area contributed by atoms with Crippen LogP contribution in [0.2, 0.25) is 0 Å². The van der Waals surface area contributed by atoms with Gasteiger partial charge in [-0.05, 0) is 59.7 Å². The predicted octanol–water partition coefficient (Wildman–Crippen LogP) is 13.0. The number of furan rings is 1. The SMILES string of the molecule is c1ccc(-c2cccc(-n3c4ccccc4c4cc5c(cc43)c3ccccc3n5-c3nc(-c4ccccc4)nc(-c4cccc5c4oc4ccccc45)n3)c2)cc1. The van der Waals surface area contributed by atoms with Crippen LogP contribution in [0.5, 0.6) is 0 Å². The fourth-order valence-electron chi connectivity index (χ4n) is 8.60. The monoisotopic (exact) mass is 729 g/mol. The zero-order chi connectivity index (χ0) is 37.5. The third-order valence-electron chi connectivity index (χ3n) is 11.2. The molecule has 0 atom stereocenters. The molecule has 6 heteroatoms. The van der Waals surface area contributed by atoms with Gasteiger partial charge in [0.05, 0.1) is 27.6 Å². The zero-order valence-corrected chi connectivity index (χ0v) is 30.5. The summed E-state index contributed by atoms with van der Waals surface area (Å²) in [5.74, 6) is 1.67. The van der Waals surface area contributed by atoms with Crippen molar-refractivity contribution in [2.75, 3.05) is 0 Å². The van der Waals surface area contributed by atoms with Crippen LogP contribution in [0, 0.1) is 0 Å². The van der Waals surface area contributed by atoms with Gasteiger partial charge in [0.1, 0.15) is 11.2 Å². The number of para-hydroxylation sites is 4. The molecule has 8 aromatic carbocycles. The summed E-state index contributed by atoms with van der Waals surface area (Å²) < 4.78 is 11.1. The van der Waals surface area contributed by atoms with Crippen molar-refractivity contribution in [2.45, 2.75) is 0 Å². The average Bonchev–Trinajstić information content (AvgIpc) is 3.93. The molecule has 0 unspecified atom stereocenters. The number of nitrogens with zero attached hydrogens (tertiary/aromatic N) is 5. The maximum absolute atomic E-state index is 6.51. The molecule has 0 bridgehead atoms. The van der Waals surface area contributed by atoms with Crippen molar-refractivity contribution in [3.05, 3.63) is 188 Å². The first kappa shape index (κ1) is 31.5. The molecular formula is C51H31N5O. The lowest BCUT2D eigenvalue weighted by molar-refractivity contribution is 0.669. The minimum atomic E-state index is 0.539. The Bertz CT molecular complexity index is 3520. The Morgan fingerprint density at radius 3 is 1.67 bits per heavy atom. The molecule has 0 aliphatic heterocycles. The normalized spacial score (nSPS) is 11.9. The number of aromatic nitrogens is 5. The van der Waals surface area contributed by atoms with E-state index in [9.17, 15) is 0 Å². The number of fused-ring (bicyclic) bond motifs is 9. The smallest absolute Gasteiger partial charge is 0.238 e. The summed E-state index contributed by atoms with van der Waals surface area (Å²) in [5.41, 5.74) is 11.1. The maximum Gasteiger partial charge on any atom is 0.238 e. The van der Waals surface area contributed by atoms with Gasteiger partial charge in [0, 0.05) is 43.6 Å². The molecule has 6 nitrogen and oxygen atoms in total. The van der Waals surface area contributed by atoms with Crippen LogP contribution < -0.4 is 0 Å². The second-order valence-corrected chi connectivity index (χ2v) is 14.4. The van der Waals surface area contributed by atoms with Gasteiger partial charge in [-0.3, -0.25) is 4.57 Å². The Hall–Kier alpha value is -7.83. The van der Waals surface area contributed by atoms with E-state index in [2.05, 4.69) is 137 Å². The van der Waals surface area contributed by atoms with E-state index in [1.807, 2.05) is 60.7 Å². The second kappa shape index (κ2) is 12.3. The Morgan fingerprint density at radius 1 is 0.351 bits per heavy atom. The van der Waals surface area contributed by atoms with Crippen molar-refractivity contribution < 1.29 is 4.42 Å². The fraction of sp³-hybridized carbons (Fsp3) is 0. The molecule has 57 heavy (non-hydrogen) atoms. The fourth-order valence-corrected chi connectivity index (χ4v) is 8.60. The van der Waals surface area contributed by atoms with Gasteiger partial charge in [0.25, 0.3) is 0 Å². The van der Waals surface area contributed by atoms with Gasteiger partial charge in [-0.25, -0.2) is 4.98 Å². The van der Waals surface area contributed by atoms with E-state index in [0.29, 0.717) is 17.6 Å². The quantitative estimate of drug-likeness (QED) is 0.177.